The van der Waals surface area contributed by atoms with Gasteiger partial charge >= 0.3 is 0 Å². The monoisotopic (exact) mass is 311 g/mol. The third kappa shape index (κ3) is 4.90. The second kappa shape index (κ2) is 8.25. The maximum absolute atomic E-state index is 9.60. The van der Waals surface area contributed by atoms with Crippen molar-refractivity contribution >= 4 is 0 Å². The zero-order valence-corrected chi connectivity index (χ0v) is 13.5. The van der Waals surface area contributed by atoms with E-state index in [4.69, 9.17) is 4.74 Å². The predicted octanol–water partition coefficient (Wildman–Crippen LogP) is 3.09. The van der Waals surface area contributed by atoms with Gasteiger partial charge in [0.2, 0.25) is 0 Å². The van der Waals surface area contributed by atoms with E-state index in [2.05, 4.69) is 41.3 Å². The van der Waals surface area contributed by atoms with Crippen LogP contribution in [0.2, 0.25) is 0 Å². The Bertz CT molecular complexity index is 573. The van der Waals surface area contributed by atoms with Crippen LogP contribution >= 0.6 is 0 Å². The van der Waals surface area contributed by atoms with Gasteiger partial charge in [-0.15, -0.1) is 0 Å². The van der Waals surface area contributed by atoms with E-state index in [1.54, 1.807) is 0 Å². The van der Waals surface area contributed by atoms with Gasteiger partial charge in [-0.25, -0.2) is 0 Å². The van der Waals surface area contributed by atoms with Crippen LogP contribution in [0.5, 0.6) is 0 Å². The van der Waals surface area contributed by atoms with Crippen molar-refractivity contribution in [3.8, 4) is 0 Å². The largest absolute Gasteiger partial charge is 0.396 e. The summed E-state index contributed by atoms with van der Waals surface area (Å²) in [5.74, 6) is 0.299. The van der Waals surface area contributed by atoms with Crippen molar-refractivity contribution in [3.05, 3.63) is 71.8 Å². The molecule has 122 valence electrons. The quantitative estimate of drug-likeness (QED) is 0.890. The molecule has 3 nitrogen and oxygen atoms in total. The highest BCUT2D eigenvalue weighted by molar-refractivity contribution is 5.15. The van der Waals surface area contributed by atoms with E-state index in [0.29, 0.717) is 12.5 Å². The number of ether oxygens (including phenoxy) is 1. The molecule has 1 aliphatic rings. The molecule has 2 aromatic rings. The molecule has 0 bridgehead atoms. The zero-order chi connectivity index (χ0) is 15.9. The molecule has 2 atom stereocenters. The van der Waals surface area contributed by atoms with E-state index >= 15 is 0 Å². The van der Waals surface area contributed by atoms with Crippen LogP contribution in [0.15, 0.2) is 60.7 Å². The second-order valence-electron chi connectivity index (χ2n) is 6.38. The third-order valence-electron chi connectivity index (χ3n) is 4.41. The molecule has 1 heterocycles. The van der Waals surface area contributed by atoms with Crippen LogP contribution in [-0.2, 0) is 17.9 Å². The lowest BCUT2D eigenvalue weighted by Gasteiger charge is -2.37. The molecule has 3 rings (SSSR count). The zero-order valence-electron chi connectivity index (χ0n) is 13.5. The molecule has 0 spiro atoms. The first-order chi connectivity index (χ1) is 11.3. The van der Waals surface area contributed by atoms with Crippen LogP contribution in [-0.4, -0.2) is 35.8 Å². The summed E-state index contributed by atoms with van der Waals surface area (Å²) in [5, 5.41) is 9.60. The van der Waals surface area contributed by atoms with E-state index < -0.39 is 0 Å². The van der Waals surface area contributed by atoms with Gasteiger partial charge in [-0.3, -0.25) is 4.90 Å². The van der Waals surface area contributed by atoms with Gasteiger partial charge in [-0.05, 0) is 23.5 Å². The molecule has 0 saturated carbocycles. The summed E-state index contributed by atoms with van der Waals surface area (Å²) < 4.78 is 6.12. The van der Waals surface area contributed by atoms with Gasteiger partial charge in [0.25, 0.3) is 0 Å². The lowest BCUT2D eigenvalue weighted by Crippen LogP contribution is -2.44. The van der Waals surface area contributed by atoms with Gasteiger partial charge in [0.15, 0.2) is 0 Å². The minimum Gasteiger partial charge on any atom is -0.396 e. The van der Waals surface area contributed by atoms with Crippen LogP contribution in [0.25, 0.3) is 0 Å². The van der Waals surface area contributed by atoms with Crippen molar-refractivity contribution in [1.29, 1.82) is 0 Å². The van der Waals surface area contributed by atoms with Gasteiger partial charge in [0.1, 0.15) is 0 Å². The van der Waals surface area contributed by atoms with Crippen molar-refractivity contribution in [2.45, 2.75) is 25.7 Å². The lowest BCUT2D eigenvalue weighted by atomic mass is 9.96. The van der Waals surface area contributed by atoms with Gasteiger partial charge in [-0.1, -0.05) is 60.7 Å². The molecule has 1 N–H and O–H groups in total. The Labute approximate surface area is 138 Å². The molecule has 2 unspecified atom stereocenters. The van der Waals surface area contributed by atoms with E-state index in [0.717, 1.165) is 26.1 Å². The molecule has 1 aliphatic heterocycles. The summed E-state index contributed by atoms with van der Waals surface area (Å²) in [6.07, 6.45) is 1.12. The molecule has 0 amide bonds. The number of rotatable bonds is 6. The Morgan fingerprint density at radius 3 is 2.22 bits per heavy atom. The number of aliphatic hydroxyl groups excluding tert-OH is 1. The maximum Gasteiger partial charge on any atom is 0.0721 e. The highest BCUT2D eigenvalue weighted by atomic mass is 16.5. The van der Waals surface area contributed by atoms with Crippen LogP contribution in [0.3, 0.4) is 0 Å². The highest BCUT2D eigenvalue weighted by Gasteiger charge is 2.27. The first kappa shape index (κ1) is 16.2. The molecule has 1 fully saturated rings. The molecule has 3 heteroatoms. The molecule has 2 aromatic carbocycles. The third-order valence-corrected chi connectivity index (χ3v) is 4.41. The Kier molecular flexibility index (Phi) is 5.81. The molecule has 1 saturated heterocycles. The molecule has 0 aliphatic carbocycles. The summed E-state index contributed by atoms with van der Waals surface area (Å²) >= 11 is 0. The van der Waals surface area contributed by atoms with Gasteiger partial charge in [0.05, 0.1) is 12.7 Å². The Hall–Kier alpha value is -1.68. The number of hydrogen-bond acceptors (Lipinski definition) is 3. The van der Waals surface area contributed by atoms with Crippen molar-refractivity contribution in [1.82, 2.24) is 4.90 Å². The minimum atomic E-state index is 0.185. The SMILES string of the molecule is OCC1CC(OCc2ccccc2)CN(Cc2ccccc2)C1. The van der Waals surface area contributed by atoms with Crippen molar-refractivity contribution in [3.63, 3.8) is 0 Å². The number of likely N-dealkylation sites (tertiary alicyclic amines) is 1. The Morgan fingerprint density at radius 2 is 1.57 bits per heavy atom. The summed E-state index contributed by atoms with van der Waals surface area (Å²) in [5.41, 5.74) is 2.51. The van der Waals surface area contributed by atoms with Crippen molar-refractivity contribution in [2.75, 3.05) is 19.7 Å². The van der Waals surface area contributed by atoms with Crippen molar-refractivity contribution in [2.24, 2.45) is 5.92 Å². The lowest BCUT2D eigenvalue weighted by molar-refractivity contribution is -0.0394. The average Bonchev–Trinajstić information content (AvgIpc) is 2.61. The fourth-order valence-electron chi connectivity index (χ4n) is 3.26. The summed E-state index contributed by atoms with van der Waals surface area (Å²) in [4.78, 5) is 2.40. The van der Waals surface area contributed by atoms with Crippen LogP contribution < -0.4 is 0 Å². The Balaban J connectivity index is 1.57. The summed E-state index contributed by atoms with van der Waals surface area (Å²) in [7, 11) is 0. The highest BCUT2D eigenvalue weighted by Crippen LogP contribution is 2.21. The predicted molar refractivity (Wildman–Crippen MR) is 91.9 cm³/mol. The normalized spacial score (nSPS) is 22.1. The number of aliphatic hydroxyl groups is 1. The van der Waals surface area contributed by atoms with Gasteiger partial charge in [0, 0.05) is 26.2 Å². The number of hydrogen-bond donors (Lipinski definition) is 1. The van der Waals surface area contributed by atoms with Gasteiger partial charge in [-0.2, -0.15) is 0 Å². The number of benzene rings is 2. The first-order valence-corrected chi connectivity index (χ1v) is 8.36. The van der Waals surface area contributed by atoms with Crippen LogP contribution in [0, 0.1) is 5.92 Å². The molecule has 0 radical (unpaired) electrons. The summed E-state index contributed by atoms with van der Waals surface area (Å²) in [6.45, 7) is 3.66. The standard InChI is InChI=1S/C20H25NO2/c22-15-19-11-20(23-16-18-9-5-2-6-10-18)14-21(13-19)12-17-7-3-1-4-8-17/h1-10,19-20,22H,11-16H2. The number of nitrogens with zero attached hydrogens (tertiary/aromatic N) is 1. The van der Waals surface area contributed by atoms with Gasteiger partial charge < -0.3 is 9.84 Å². The maximum atomic E-state index is 9.60. The van der Waals surface area contributed by atoms with E-state index in [-0.39, 0.29) is 12.7 Å². The molecular weight excluding hydrogens is 286 g/mol. The van der Waals surface area contributed by atoms with E-state index in [9.17, 15) is 5.11 Å². The van der Waals surface area contributed by atoms with Crippen molar-refractivity contribution < 1.29 is 9.84 Å². The van der Waals surface area contributed by atoms with E-state index in [1.807, 2.05) is 24.3 Å². The fraction of sp³-hybridized carbons (Fsp3) is 0.400. The molecular formula is C20H25NO2. The smallest absolute Gasteiger partial charge is 0.0721 e. The topological polar surface area (TPSA) is 32.7 Å². The van der Waals surface area contributed by atoms with Crippen LogP contribution in [0.4, 0.5) is 0 Å². The first-order valence-electron chi connectivity index (χ1n) is 8.36. The Morgan fingerprint density at radius 1 is 0.913 bits per heavy atom. The fourth-order valence-corrected chi connectivity index (χ4v) is 3.26. The molecule has 23 heavy (non-hydrogen) atoms. The second-order valence-corrected chi connectivity index (χ2v) is 6.38. The average molecular weight is 311 g/mol. The van der Waals surface area contributed by atoms with Crippen LogP contribution in [0.1, 0.15) is 17.5 Å². The summed E-state index contributed by atoms with van der Waals surface area (Å²) in [6, 6.07) is 20.8. The van der Waals surface area contributed by atoms with E-state index in [1.165, 1.54) is 11.1 Å². The molecule has 0 aromatic heterocycles. The number of piperidine rings is 1. The minimum absolute atomic E-state index is 0.185.